The molecule has 3 rings (SSSR count). The van der Waals surface area contributed by atoms with Crippen LogP contribution in [0.15, 0.2) is 57.5 Å². The Labute approximate surface area is 140 Å². The molecule has 0 bridgehead atoms. The molecule has 0 aliphatic rings. The summed E-state index contributed by atoms with van der Waals surface area (Å²) in [5.41, 5.74) is 4.50. The number of nitrogens with zero attached hydrogens (tertiary/aromatic N) is 1. The van der Waals surface area contributed by atoms with E-state index in [9.17, 15) is 0 Å². The van der Waals surface area contributed by atoms with E-state index in [4.69, 9.17) is 4.98 Å². The number of benzene rings is 2. The van der Waals surface area contributed by atoms with Crippen molar-refractivity contribution in [2.24, 2.45) is 0 Å². The third-order valence-corrected chi connectivity index (χ3v) is 4.39. The molecule has 1 N–H and O–H groups in total. The molecule has 3 aromatic rings. The van der Waals surface area contributed by atoms with Crippen molar-refractivity contribution in [2.45, 2.75) is 13.3 Å². The standard InChI is InChI=1S/C17H14Br2N2/c1-11-17(13-4-8-15(19)9-5-13)21-16(20-11)10-12-2-6-14(18)7-3-12/h2-9H,10H2,1H3,(H,20,21). The Bertz CT molecular complexity index is 743. The van der Waals surface area contributed by atoms with Gasteiger partial charge in [-0.1, -0.05) is 56.1 Å². The zero-order valence-corrected chi connectivity index (χ0v) is 14.7. The fourth-order valence-corrected chi connectivity index (χ4v) is 2.82. The van der Waals surface area contributed by atoms with Gasteiger partial charge in [0.2, 0.25) is 0 Å². The Morgan fingerprint density at radius 1 is 0.905 bits per heavy atom. The number of halogens is 2. The first-order valence-electron chi connectivity index (χ1n) is 6.68. The van der Waals surface area contributed by atoms with Crippen LogP contribution < -0.4 is 0 Å². The maximum absolute atomic E-state index is 4.74. The van der Waals surface area contributed by atoms with E-state index < -0.39 is 0 Å². The predicted octanol–water partition coefficient (Wildman–Crippen LogP) is 5.50. The van der Waals surface area contributed by atoms with E-state index in [0.717, 1.165) is 38.1 Å². The first kappa shape index (κ1) is 14.5. The molecule has 0 aliphatic heterocycles. The second kappa shape index (κ2) is 6.16. The van der Waals surface area contributed by atoms with Crippen LogP contribution in [0.25, 0.3) is 11.3 Å². The van der Waals surface area contributed by atoms with Gasteiger partial charge < -0.3 is 4.98 Å². The second-order valence-corrected chi connectivity index (χ2v) is 6.80. The zero-order chi connectivity index (χ0) is 14.8. The molecular weight excluding hydrogens is 392 g/mol. The van der Waals surface area contributed by atoms with Crippen LogP contribution in [0, 0.1) is 6.92 Å². The second-order valence-electron chi connectivity index (χ2n) is 4.97. The number of hydrogen-bond donors (Lipinski definition) is 1. The van der Waals surface area contributed by atoms with E-state index in [1.165, 1.54) is 5.56 Å². The van der Waals surface area contributed by atoms with E-state index >= 15 is 0 Å². The lowest BCUT2D eigenvalue weighted by Gasteiger charge is -1.99. The number of nitrogens with one attached hydrogen (secondary N) is 1. The van der Waals surface area contributed by atoms with Crippen molar-refractivity contribution < 1.29 is 0 Å². The van der Waals surface area contributed by atoms with E-state index in [-0.39, 0.29) is 0 Å². The van der Waals surface area contributed by atoms with Gasteiger partial charge in [0.15, 0.2) is 0 Å². The summed E-state index contributed by atoms with van der Waals surface area (Å²) in [6.45, 7) is 2.06. The van der Waals surface area contributed by atoms with Gasteiger partial charge in [0.25, 0.3) is 0 Å². The molecule has 0 fully saturated rings. The minimum Gasteiger partial charge on any atom is -0.345 e. The summed E-state index contributed by atoms with van der Waals surface area (Å²) in [5.74, 6) is 0.993. The number of imidazole rings is 1. The van der Waals surface area contributed by atoms with Crippen molar-refractivity contribution in [1.29, 1.82) is 0 Å². The lowest BCUT2D eigenvalue weighted by Crippen LogP contribution is -1.90. The fourth-order valence-electron chi connectivity index (χ4n) is 2.29. The zero-order valence-electron chi connectivity index (χ0n) is 11.5. The number of hydrogen-bond acceptors (Lipinski definition) is 1. The summed E-state index contributed by atoms with van der Waals surface area (Å²) < 4.78 is 2.17. The quantitative estimate of drug-likeness (QED) is 0.612. The van der Waals surface area contributed by atoms with E-state index in [1.807, 2.05) is 12.1 Å². The van der Waals surface area contributed by atoms with E-state index in [2.05, 4.69) is 80.2 Å². The lowest BCUT2D eigenvalue weighted by molar-refractivity contribution is 1.02. The monoisotopic (exact) mass is 404 g/mol. The van der Waals surface area contributed by atoms with Crippen LogP contribution in [0.3, 0.4) is 0 Å². The molecule has 1 aromatic heterocycles. The average molecular weight is 406 g/mol. The van der Waals surface area contributed by atoms with Gasteiger partial charge in [0.05, 0.1) is 5.69 Å². The highest BCUT2D eigenvalue weighted by molar-refractivity contribution is 9.10. The van der Waals surface area contributed by atoms with Gasteiger partial charge in [-0.25, -0.2) is 4.98 Å². The Hall–Kier alpha value is -1.39. The minimum absolute atomic E-state index is 0.810. The summed E-state index contributed by atoms with van der Waals surface area (Å²) in [4.78, 5) is 8.13. The molecule has 0 saturated carbocycles. The van der Waals surface area contributed by atoms with Crippen LogP contribution >= 0.6 is 31.9 Å². The van der Waals surface area contributed by atoms with Crippen LogP contribution in [-0.4, -0.2) is 9.97 Å². The molecule has 21 heavy (non-hydrogen) atoms. The third-order valence-electron chi connectivity index (χ3n) is 3.34. The van der Waals surface area contributed by atoms with Crippen molar-refractivity contribution in [1.82, 2.24) is 9.97 Å². The smallest absolute Gasteiger partial charge is 0.111 e. The van der Waals surface area contributed by atoms with Gasteiger partial charge in [-0.05, 0) is 36.8 Å². The Balaban J connectivity index is 1.87. The van der Waals surface area contributed by atoms with Crippen molar-refractivity contribution in [3.63, 3.8) is 0 Å². The number of H-pyrrole nitrogens is 1. The molecule has 0 radical (unpaired) electrons. The highest BCUT2D eigenvalue weighted by atomic mass is 79.9. The SMILES string of the molecule is Cc1[nH]c(Cc2ccc(Br)cc2)nc1-c1ccc(Br)cc1. The highest BCUT2D eigenvalue weighted by Crippen LogP contribution is 2.24. The summed E-state index contributed by atoms with van der Waals surface area (Å²) in [6, 6.07) is 16.6. The molecule has 0 atom stereocenters. The van der Waals surface area contributed by atoms with Crippen LogP contribution in [0.5, 0.6) is 0 Å². The van der Waals surface area contributed by atoms with Gasteiger partial charge in [-0.3, -0.25) is 0 Å². The molecule has 0 saturated heterocycles. The largest absolute Gasteiger partial charge is 0.345 e. The van der Waals surface area contributed by atoms with Crippen molar-refractivity contribution in [3.8, 4) is 11.3 Å². The molecule has 0 amide bonds. The number of aromatic nitrogens is 2. The summed E-state index contributed by atoms with van der Waals surface area (Å²) in [6.07, 6.45) is 0.810. The fraction of sp³-hybridized carbons (Fsp3) is 0.118. The molecule has 0 spiro atoms. The Kier molecular flexibility index (Phi) is 4.27. The molecule has 1 heterocycles. The number of rotatable bonds is 3. The normalized spacial score (nSPS) is 10.8. The predicted molar refractivity (Wildman–Crippen MR) is 93.4 cm³/mol. The average Bonchev–Trinajstić information content (AvgIpc) is 2.83. The Morgan fingerprint density at radius 2 is 1.48 bits per heavy atom. The maximum atomic E-state index is 4.74. The van der Waals surface area contributed by atoms with Crippen molar-refractivity contribution >= 4 is 31.9 Å². The summed E-state index contributed by atoms with van der Waals surface area (Å²) >= 11 is 6.92. The molecular formula is C17H14Br2N2. The first-order valence-corrected chi connectivity index (χ1v) is 8.26. The van der Waals surface area contributed by atoms with Gasteiger partial charge >= 0.3 is 0 Å². The third kappa shape index (κ3) is 3.44. The van der Waals surface area contributed by atoms with Crippen molar-refractivity contribution in [3.05, 3.63) is 74.6 Å². The van der Waals surface area contributed by atoms with Gasteiger partial charge in [-0.2, -0.15) is 0 Å². The van der Waals surface area contributed by atoms with Gasteiger partial charge in [0.1, 0.15) is 5.82 Å². The van der Waals surface area contributed by atoms with E-state index in [0.29, 0.717) is 0 Å². The highest BCUT2D eigenvalue weighted by Gasteiger charge is 2.09. The van der Waals surface area contributed by atoms with Crippen LogP contribution in [0.4, 0.5) is 0 Å². The van der Waals surface area contributed by atoms with Crippen LogP contribution in [0.1, 0.15) is 17.1 Å². The maximum Gasteiger partial charge on any atom is 0.111 e. The molecule has 4 heteroatoms. The molecule has 0 unspecified atom stereocenters. The van der Waals surface area contributed by atoms with Gasteiger partial charge in [0, 0.05) is 26.6 Å². The summed E-state index contributed by atoms with van der Waals surface area (Å²) in [7, 11) is 0. The minimum atomic E-state index is 0.810. The topological polar surface area (TPSA) is 28.7 Å². The van der Waals surface area contributed by atoms with Crippen LogP contribution in [-0.2, 0) is 6.42 Å². The number of aromatic amines is 1. The molecule has 2 nitrogen and oxygen atoms in total. The lowest BCUT2D eigenvalue weighted by atomic mass is 10.1. The van der Waals surface area contributed by atoms with Gasteiger partial charge in [-0.15, -0.1) is 0 Å². The summed E-state index contributed by atoms with van der Waals surface area (Å²) in [5, 5.41) is 0. The molecule has 106 valence electrons. The first-order chi connectivity index (χ1) is 10.1. The van der Waals surface area contributed by atoms with Crippen molar-refractivity contribution in [2.75, 3.05) is 0 Å². The van der Waals surface area contributed by atoms with E-state index in [1.54, 1.807) is 0 Å². The van der Waals surface area contributed by atoms with Crippen LogP contribution in [0.2, 0.25) is 0 Å². The Morgan fingerprint density at radius 3 is 2.10 bits per heavy atom. The molecule has 2 aromatic carbocycles. The molecule has 0 aliphatic carbocycles. The number of aryl methyl sites for hydroxylation is 1.